The molecular formula is C20H19BrN2O3S. The Morgan fingerprint density at radius 1 is 1.26 bits per heavy atom. The van der Waals surface area contributed by atoms with Crippen LogP contribution in [-0.4, -0.2) is 24.6 Å². The first kappa shape index (κ1) is 19.4. The van der Waals surface area contributed by atoms with Crippen LogP contribution < -0.4 is 14.8 Å². The van der Waals surface area contributed by atoms with Crippen molar-refractivity contribution in [2.45, 2.75) is 13.3 Å². The molecule has 0 spiro atoms. The Morgan fingerprint density at radius 3 is 2.89 bits per heavy atom. The van der Waals surface area contributed by atoms with E-state index < -0.39 is 0 Å². The van der Waals surface area contributed by atoms with Crippen molar-refractivity contribution in [3.05, 3.63) is 57.9 Å². The van der Waals surface area contributed by atoms with Crippen LogP contribution in [0.25, 0.3) is 11.3 Å². The molecule has 0 saturated carbocycles. The fourth-order valence-corrected chi connectivity index (χ4v) is 3.65. The number of anilines is 1. The van der Waals surface area contributed by atoms with Gasteiger partial charge in [-0.25, -0.2) is 4.98 Å². The van der Waals surface area contributed by atoms with E-state index in [1.54, 1.807) is 7.11 Å². The van der Waals surface area contributed by atoms with E-state index in [1.165, 1.54) is 11.3 Å². The highest BCUT2D eigenvalue weighted by Crippen LogP contribution is 2.27. The number of carbonyl (C=O) groups is 1. The third-order valence-corrected chi connectivity index (χ3v) is 5.13. The summed E-state index contributed by atoms with van der Waals surface area (Å²) in [5, 5.41) is 5.22. The highest BCUT2D eigenvalue weighted by Gasteiger charge is 2.11. The van der Waals surface area contributed by atoms with E-state index in [1.807, 2.05) is 54.8 Å². The van der Waals surface area contributed by atoms with Gasteiger partial charge in [0.25, 0.3) is 5.91 Å². The molecule has 0 aliphatic heterocycles. The zero-order chi connectivity index (χ0) is 19.2. The Morgan fingerprint density at radius 2 is 2.11 bits per heavy atom. The number of aryl methyl sites for hydroxylation is 1. The van der Waals surface area contributed by atoms with Crippen LogP contribution in [0.1, 0.15) is 12.5 Å². The zero-order valence-electron chi connectivity index (χ0n) is 15.0. The summed E-state index contributed by atoms with van der Waals surface area (Å²) < 4.78 is 11.9. The summed E-state index contributed by atoms with van der Waals surface area (Å²) in [5.41, 5.74) is 2.77. The minimum Gasteiger partial charge on any atom is -0.497 e. The molecule has 3 rings (SSSR count). The average Bonchev–Trinajstić information content (AvgIpc) is 3.15. The Bertz CT molecular complexity index is 942. The molecule has 1 heterocycles. The van der Waals surface area contributed by atoms with E-state index in [-0.39, 0.29) is 12.5 Å². The fraction of sp³-hybridized carbons (Fsp3) is 0.200. The van der Waals surface area contributed by atoms with Crippen molar-refractivity contribution in [3.8, 4) is 22.8 Å². The molecule has 3 aromatic rings. The molecule has 0 radical (unpaired) electrons. The number of ether oxygens (including phenoxy) is 2. The van der Waals surface area contributed by atoms with E-state index in [4.69, 9.17) is 9.47 Å². The van der Waals surface area contributed by atoms with E-state index in [2.05, 4.69) is 26.2 Å². The highest BCUT2D eigenvalue weighted by atomic mass is 79.9. The van der Waals surface area contributed by atoms with Gasteiger partial charge in [0.15, 0.2) is 11.7 Å². The average molecular weight is 447 g/mol. The van der Waals surface area contributed by atoms with E-state index in [0.29, 0.717) is 10.9 Å². The predicted molar refractivity (Wildman–Crippen MR) is 112 cm³/mol. The Kier molecular flexibility index (Phi) is 6.47. The van der Waals surface area contributed by atoms with Crippen LogP contribution in [-0.2, 0) is 11.2 Å². The number of nitrogens with zero attached hydrogens (tertiary/aromatic N) is 1. The second-order valence-corrected chi connectivity index (χ2v) is 7.49. The van der Waals surface area contributed by atoms with Crippen LogP contribution in [0.3, 0.4) is 0 Å². The summed E-state index contributed by atoms with van der Waals surface area (Å²) >= 11 is 4.81. The Hall–Kier alpha value is -2.38. The number of carbonyl (C=O) groups excluding carboxylic acids is 1. The van der Waals surface area contributed by atoms with Crippen LogP contribution in [0, 0.1) is 0 Å². The van der Waals surface area contributed by atoms with Crippen LogP contribution in [0.5, 0.6) is 11.5 Å². The molecule has 1 aromatic heterocycles. The number of hydrogen-bond acceptors (Lipinski definition) is 5. The molecule has 5 nitrogen and oxygen atoms in total. The molecular weight excluding hydrogens is 428 g/mol. The molecule has 0 atom stereocenters. The number of halogens is 1. The first-order valence-corrected chi connectivity index (χ1v) is 10.1. The van der Waals surface area contributed by atoms with Gasteiger partial charge in [0, 0.05) is 15.4 Å². The topological polar surface area (TPSA) is 60.5 Å². The lowest BCUT2D eigenvalue weighted by Gasteiger charge is -2.10. The van der Waals surface area contributed by atoms with Crippen LogP contribution >= 0.6 is 27.3 Å². The van der Waals surface area contributed by atoms with Gasteiger partial charge < -0.3 is 9.47 Å². The molecule has 0 aliphatic carbocycles. The van der Waals surface area contributed by atoms with E-state index in [0.717, 1.165) is 33.5 Å². The minimum atomic E-state index is -0.244. The van der Waals surface area contributed by atoms with Gasteiger partial charge in [-0.05, 0) is 42.3 Å². The van der Waals surface area contributed by atoms with Crippen molar-refractivity contribution in [1.29, 1.82) is 0 Å². The molecule has 27 heavy (non-hydrogen) atoms. The third-order valence-electron chi connectivity index (χ3n) is 3.88. The van der Waals surface area contributed by atoms with E-state index in [9.17, 15) is 4.79 Å². The molecule has 140 valence electrons. The van der Waals surface area contributed by atoms with Crippen molar-refractivity contribution in [2.75, 3.05) is 19.0 Å². The Labute approximate surface area is 170 Å². The summed E-state index contributed by atoms with van der Waals surface area (Å²) in [6, 6.07) is 13.4. The number of benzene rings is 2. The lowest BCUT2D eigenvalue weighted by atomic mass is 10.1. The molecule has 1 amide bonds. The molecule has 0 bridgehead atoms. The van der Waals surface area contributed by atoms with Crippen LogP contribution in [0.15, 0.2) is 52.3 Å². The summed E-state index contributed by atoms with van der Waals surface area (Å²) in [4.78, 5) is 16.7. The maximum absolute atomic E-state index is 12.2. The molecule has 7 heteroatoms. The minimum absolute atomic E-state index is 0.0668. The lowest BCUT2D eigenvalue weighted by molar-refractivity contribution is -0.118. The number of aromatic nitrogens is 1. The largest absolute Gasteiger partial charge is 0.497 e. The van der Waals surface area contributed by atoms with Gasteiger partial charge in [0.2, 0.25) is 0 Å². The van der Waals surface area contributed by atoms with E-state index >= 15 is 0 Å². The first-order valence-electron chi connectivity index (χ1n) is 8.40. The number of methoxy groups -OCH3 is 1. The van der Waals surface area contributed by atoms with Crippen LogP contribution in [0.2, 0.25) is 0 Å². The van der Waals surface area contributed by atoms with Gasteiger partial charge in [0.05, 0.1) is 12.8 Å². The quantitative estimate of drug-likeness (QED) is 0.544. The standard InChI is InChI=1S/C20H19BrN2O3S/c1-3-13-9-15(21)7-8-18(13)26-11-19(24)23-20-22-17(12-27-20)14-5-4-6-16(10-14)25-2/h4-10,12H,3,11H2,1-2H3,(H,22,23,24). The van der Waals surface area contributed by atoms with Crippen molar-refractivity contribution in [3.63, 3.8) is 0 Å². The maximum atomic E-state index is 12.2. The van der Waals surface area contributed by atoms with Gasteiger partial charge in [-0.15, -0.1) is 11.3 Å². The van der Waals surface area contributed by atoms with Crippen LogP contribution in [0.4, 0.5) is 5.13 Å². The van der Waals surface area contributed by atoms with Gasteiger partial charge >= 0.3 is 0 Å². The van der Waals surface area contributed by atoms with Crippen molar-refractivity contribution in [1.82, 2.24) is 4.98 Å². The van der Waals surface area contributed by atoms with Gasteiger partial charge in [0.1, 0.15) is 11.5 Å². The predicted octanol–water partition coefficient (Wildman–Crippen LogP) is 5.16. The summed E-state index contributed by atoms with van der Waals surface area (Å²) in [7, 11) is 1.63. The summed E-state index contributed by atoms with van der Waals surface area (Å²) in [6.45, 7) is 1.98. The summed E-state index contributed by atoms with van der Waals surface area (Å²) in [6.07, 6.45) is 0.826. The van der Waals surface area contributed by atoms with Crippen molar-refractivity contribution >= 4 is 38.3 Å². The molecule has 1 N–H and O–H groups in total. The third kappa shape index (κ3) is 5.08. The molecule has 0 unspecified atom stereocenters. The summed E-state index contributed by atoms with van der Waals surface area (Å²) in [5.74, 6) is 1.24. The monoisotopic (exact) mass is 446 g/mol. The molecule has 0 aliphatic rings. The number of thiazole rings is 1. The molecule has 0 saturated heterocycles. The van der Waals surface area contributed by atoms with Crippen molar-refractivity contribution in [2.24, 2.45) is 0 Å². The lowest BCUT2D eigenvalue weighted by Crippen LogP contribution is -2.20. The number of nitrogens with one attached hydrogen (secondary N) is 1. The number of amides is 1. The normalized spacial score (nSPS) is 10.5. The zero-order valence-corrected chi connectivity index (χ0v) is 17.4. The molecule has 0 fully saturated rings. The first-order chi connectivity index (χ1) is 13.1. The van der Waals surface area contributed by atoms with Gasteiger partial charge in [-0.3, -0.25) is 10.1 Å². The SMILES string of the molecule is CCc1cc(Br)ccc1OCC(=O)Nc1nc(-c2cccc(OC)c2)cs1. The fourth-order valence-electron chi connectivity index (χ4n) is 2.51. The molecule has 2 aromatic carbocycles. The Balaban J connectivity index is 1.61. The number of hydrogen-bond donors (Lipinski definition) is 1. The van der Waals surface area contributed by atoms with Gasteiger partial charge in [-0.2, -0.15) is 0 Å². The van der Waals surface area contributed by atoms with Gasteiger partial charge in [-0.1, -0.05) is 35.0 Å². The highest BCUT2D eigenvalue weighted by molar-refractivity contribution is 9.10. The number of rotatable bonds is 7. The maximum Gasteiger partial charge on any atom is 0.264 e. The second kappa shape index (κ2) is 9.01. The second-order valence-electron chi connectivity index (χ2n) is 5.71. The smallest absolute Gasteiger partial charge is 0.264 e. The van der Waals surface area contributed by atoms with Crippen molar-refractivity contribution < 1.29 is 14.3 Å².